The van der Waals surface area contributed by atoms with E-state index in [1.807, 2.05) is 4.90 Å². The van der Waals surface area contributed by atoms with Gasteiger partial charge in [0, 0.05) is 25.5 Å². The van der Waals surface area contributed by atoms with Crippen molar-refractivity contribution in [2.24, 2.45) is 0 Å². The van der Waals surface area contributed by atoms with Crippen molar-refractivity contribution in [3.8, 4) is 0 Å². The molecular weight excluding hydrogens is 384 g/mol. The van der Waals surface area contributed by atoms with E-state index < -0.39 is 31.9 Å². The Kier molecular flexibility index (Phi) is 4.06. The Hall–Kier alpha value is -1.56. The Morgan fingerprint density at radius 2 is 1.80 bits per heavy atom. The van der Waals surface area contributed by atoms with Crippen LogP contribution >= 0.6 is 11.3 Å². The van der Waals surface area contributed by atoms with Crippen LogP contribution in [0.5, 0.6) is 0 Å². The quantitative estimate of drug-likeness (QED) is 0.726. The summed E-state index contributed by atoms with van der Waals surface area (Å²) in [5, 5.41) is 1.70. The molecule has 0 N–H and O–H groups in total. The molecule has 0 unspecified atom stereocenters. The Morgan fingerprint density at radius 3 is 2.48 bits per heavy atom. The second-order valence-corrected chi connectivity index (χ2v) is 11.2. The molecule has 4 heterocycles. The number of hydrogen-bond donors (Lipinski definition) is 0. The average Bonchev–Trinajstić information content (AvgIpc) is 3.21. The summed E-state index contributed by atoms with van der Waals surface area (Å²) in [6.07, 6.45) is 3.19. The summed E-state index contributed by atoms with van der Waals surface area (Å²) in [5.41, 5.74) is 0. The zero-order chi connectivity index (χ0) is 17.7. The van der Waals surface area contributed by atoms with Crippen LogP contribution in [-0.2, 0) is 19.9 Å². The van der Waals surface area contributed by atoms with E-state index in [1.54, 1.807) is 36.0 Å². The van der Waals surface area contributed by atoms with Gasteiger partial charge in [0.15, 0.2) is 9.84 Å². The van der Waals surface area contributed by atoms with Gasteiger partial charge in [0.1, 0.15) is 4.21 Å². The number of fused-ring (bicyclic) bond motifs is 1. The van der Waals surface area contributed by atoms with Crippen LogP contribution in [0.25, 0.3) is 0 Å². The van der Waals surface area contributed by atoms with Crippen LogP contribution in [0.2, 0.25) is 0 Å². The van der Waals surface area contributed by atoms with Gasteiger partial charge in [0.25, 0.3) is 10.0 Å². The van der Waals surface area contributed by atoms with E-state index in [4.69, 9.17) is 0 Å². The number of anilines is 1. The zero-order valence-corrected chi connectivity index (χ0v) is 15.5. The van der Waals surface area contributed by atoms with Crippen molar-refractivity contribution in [1.82, 2.24) is 14.3 Å². The van der Waals surface area contributed by atoms with E-state index in [-0.39, 0.29) is 22.3 Å². The second-order valence-electron chi connectivity index (χ2n) is 6.00. The number of rotatable bonds is 3. The number of hydrogen-bond acceptors (Lipinski definition) is 8. The first-order valence-corrected chi connectivity index (χ1v) is 11.8. The molecule has 0 saturated carbocycles. The topological polar surface area (TPSA) is 101 Å². The van der Waals surface area contributed by atoms with Gasteiger partial charge in [-0.25, -0.2) is 26.8 Å². The summed E-state index contributed by atoms with van der Waals surface area (Å²) >= 11 is 1.14. The van der Waals surface area contributed by atoms with Gasteiger partial charge in [0.2, 0.25) is 5.95 Å². The van der Waals surface area contributed by atoms with Gasteiger partial charge < -0.3 is 4.90 Å². The maximum atomic E-state index is 12.9. The molecule has 2 atom stereocenters. The van der Waals surface area contributed by atoms with E-state index in [2.05, 4.69) is 9.97 Å². The van der Waals surface area contributed by atoms with E-state index >= 15 is 0 Å². The number of aromatic nitrogens is 2. The lowest BCUT2D eigenvalue weighted by atomic mass is 10.1. The summed E-state index contributed by atoms with van der Waals surface area (Å²) < 4.78 is 51.9. The Labute approximate surface area is 150 Å². The average molecular weight is 401 g/mol. The smallest absolute Gasteiger partial charge is 0.252 e. The highest BCUT2D eigenvalue weighted by atomic mass is 32.2. The van der Waals surface area contributed by atoms with Crippen molar-refractivity contribution in [2.75, 3.05) is 29.5 Å². The summed E-state index contributed by atoms with van der Waals surface area (Å²) in [5.74, 6) is 0.167. The lowest BCUT2D eigenvalue weighted by Crippen LogP contribution is -2.61. The molecule has 134 valence electrons. The molecule has 2 saturated heterocycles. The molecule has 4 rings (SSSR count). The maximum Gasteiger partial charge on any atom is 0.252 e. The minimum Gasteiger partial charge on any atom is -0.334 e. The monoisotopic (exact) mass is 400 g/mol. The van der Waals surface area contributed by atoms with E-state index in [9.17, 15) is 16.8 Å². The van der Waals surface area contributed by atoms with Crippen LogP contribution in [0, 0.1) is 0 Å². The summed E-state index contributed by atoms with van der Waals surface area (Å²) in [6, 6.07) is 3.80. The van der Waals surface area contributed by atoms with Crippen LogP contribution in [0.3, 0.4) is 0 Å². The molecule has 0 bridgehead atoms. The van der Waals surface area contributed by atoms with Crippen molar-refractivity contribution in [2.45, 2.75) is 16.3 Å². The van der Waals surface area contributed by atoms with Gasteiger partial charge in [-0.3, -0.25) is 0 Å². The fourth-order valence-electron chi connectivity index (χ4n) is 3.43. The molecule has 0 aromatic carbocycles. The molecule has 2 aromatic heterocycles. The number of piperazine rings is 1. The van der Waals surface area contributed by atoms with E-state index in [1.165, 1.54) is 4.31 Å². The van der Waals surface area contributed by atoms with E-state index in [0.717, 1.165) is 11.3 Å². The van der Waals surface area contributed by atoms with Crippen LogP contribution in [-0.4, -0.2) is 67.8 Å². The summed E-state index contributed by atoms with van der Waals surface area (Å²) in [7, 11) is -7.04. The standard InChI is InChI=1S/C14H16N4O4S3/c19-24(20)9-11-12(10-24)18(25(21,22)13-3-1-8-23-13)7-6-17(11)14-15-4-2-5-16-14/h1-5,8,11-12H,6-7,9-10H2/t11-,12+/m1/s1. The molecule has 0 radical (unpaired) electrons. The number of sulfonamides is 1. The number of nitrogens with zero attached hydrogens (tertiary/aromatic N) is 4. The largest absolute Gasteiger partial charge is 0.334 e. The molecule has 2 aromatic rings. The second kappa shape index (κ2) is 6.01. The van der Waals surface area contributed by atoms with Crippen LogP contribution < -0.4 is 4.90 Å². The molecule has 0 spiro atoms. The molecule has 11 heteroatoms. The van der Waals surface area contributed by atoms with Gasteiger partial charge in [0.05, 0.1) is 23.6 Å². The lowest BCUT2D eigenvalue weighted by Gasteiger charge is -2.42. The third kappa shape index (κ3) is 2.94. The summed E-state index contributed by atoms with van der Waals surface area (Å²) in [4.78, 5) is 10.2. The first kappa shape index (κ1) is 16.9. The van der Waals surface area contributed by atoms with Gasteiger partial charge in [-0.2, -0.15) is 4.31 Å². The van der Waals surface area contributed by atoms with Gasteiger partial charge in [-0.15, -0.1) is 11.3 Å². The minimum absolute atomic E-state index is 0.0909. The SMILES string of the molecule is O=S1(=O)C[C@@H]2[C@H](C1)N(S(=O)(=O)c1cccs1)CCN2c1ncccn1. The zero-order valence-electron chi connectivity index (χ0n) is 13.1. The van der Waals surface area contributed by atoms with Gasteiger partial charge in [-0.05, 0) is 17.5 Å². The van der Waals surface area contributed by atoms with Crippen LogP contribution in [0.4, 0.5) is 5.95 Å². The predicted molar refractivity (Wildman–Crippen MR) is 93.8 cm³/mol. The number of sulfone groups is 1. The van der Waals surface area contributed by atoms with Crippen LogP contribution in [0.15, 0.2) is 40.2 Å². The predicted octanol–water partition coefficient (Wildman–Crippen LogP) is 0.215. The Morgan fingerprint density at radius 1 is 1.08 bits per heavy atom. The highest BCUT2D eigenvalue weighted by molar-refractivity contribution is 7.92. The Balaban J connectivity index is 1.73. The molecular formula is C14H16N4O4S3. The van der Waals surface area contributed by atoms with Gasteiger partial charge in [-0.1, -0.05) is 6.07 Å². The van der Waals surface area contributed by atoms with Crippen LogP contribution in [0.1, 0.15) is 0 Å². The molecule has 8 nitrogen and oxygen atoms in total. The van der Waals surface area contributed by atoms with Crippen molar-refractivity contribution in [3.63, 3.8) is 0 Å². The molecule has 2 aliphatic heterocycles. The minimum atomic E-state index is -3.71. The highest BCUT2D eigenvalue weighted by Crippen LogP contribution is 2.33. The molecule has 0 amide bonds. The van der Waals surface area contributed by atoms with Crippen molar-refractivity contribution in [3.05, 3.63) is 36.0 Å². The molecule has 2 fully saturated rings. The molecule has 0 aliphatic carbocycles. The summed E-state index contributed by atoms with van der Waals surface area (Å²) in [6.45, 7) is 0.556. The van der Waals surface area contributed by atoms with Crippen molar-refractivity contribution in [1.29, 1.82) is 0 Å². The fraction of sp³-hybridized carbons (Fsp3) is 0.429. The van der Waals surface area contributed by atoms with Crippen molar-refractivity contribution >= 4 is 37.1 Å². The first-order valence-electron chi connectivity index (χ1n) is 7.68. The number of thiophene rings is 1. The highest BCUT2D eigenvalue weighted by Gasteiger charge is 2.51. The third-order valence-corrected chi connectivity index (χ3v) is 9.49. The first-order chi connectivity index (χ1) is 11.9. The lowest BCUT2D eigenvalue weighted by molar-refractivity contribution is 0.273. The normalized spacial score (nSPS) is 26.5. The van der Waals surface area contributed by atoms with E-state index in [0.29, 0.717) is 12.5 Å². The third-order valence-electron chi connectivity index (χ3n) is 4.49. The maximum absolute atomic E-state index is 12.9. The van der Waals surface area contributed by atoms with Crippen molar-refractivity contribution < 1.29 is 16.8 Å². The molecule has 25 heavy (non-hydrogen) atoms. The molecule has 2 aliphatic rings. The Bertz CT molecular complexity index is 961. The van der Waals surface area contributed by atoms with Gasteiger partial charge >= 0.3 is 0 Å². The fourth-order valence-corrected chi connectivity index (χ4v) is 8.27.